The minimum absolute atomic E-state index is 0.0537. The van der Waals surface area contributed by atoms with Crippen LogP contribution in [0.5, 0.6) is 0 Å². The van der Waals surface area contributed by atoms with E-state index in [0.717, 1.165) is 17.7 Å². The summed E-state index contributed by atoms with van der Waals surface area (Å²) in [6.07, 6.45) is -1.99. The van der Waals surface area contributed by atoms with Crippen molar-refractivity contribution >= 4 is 17.8 Å². The van der Waals surface area contributed by atoms with Gasteiger partial charge in [0.2, 0.25) is 11.8 Å². The molecule has 0 aromatic heterocycles. The van der Waals surface area contributed by atoms with Crippen LogP contribution in [0.1, 0.15) is 61.9 Å². The van der Waals surface area contributed by atoms with Gasteiger partial charge in [0.15, 0.2) is 0 Å². The Morgan fingerprint density at radius 3 is 2.22 bits per heavy atom. The number of nitrogens with zero attached hydrogens (tertiary/aromatic N) is 3. The van der Waals surface area contributed by atoms with Gasteiger partial charge in [-0.2, -0.15) is 13.2 Å². The van der Waals surface area contributed by atoms with Crippen LogP contribution in [-0.4, -0.2) is 51.7 Å². The van der Waals surface area contributed by atoms with Gasteiger partial charge in [0.25, 0.3) is 0 Å². The van der Waals surface area contributed by atoms with Crippen LogP contribution >= 0.6 is 0 Å². The molecule has 3 aromatic carbocycles. The Morgan fingerprint density at radius 1 is 0.956 bits per heavy atom. The number of nitrogens with one attached hydrogen (secondary N) is 1. The Balaban J connectivity index is 1.71. The number of piperazine rings is 1. The van der Waals surface area contributed by atoms with E-state index in [9.17, 15) is 27.6 Å². The van der Waals surface area contributed by atoms with Gasteiger partial charge in [-0.05, 0) is 47.7 Å². The van der Waals surface area contributed by atoms with E-state index in [2.05, 4.69) is 5.32 Å². The van der Waals surface area contributed by atoms with E-state index >= 15 is 0 Å². The molecule has 0 unspecified atom stereocenters. The molecule has 0 saturated carbocycles. The lowest BCUT2D eigenvalue weighted by atomic mass is 9.93. The summed E-state index contributed by atoms with van der Waals surface area (Å²) < 4.78 is 40.5. The first-order chi connectivity index (χ1) is 21.5. The molecule has 1 heterocycles. The maximum absolute atomic E-state index is 14.1. The maximum atomic E-state index is 14.1. The highest BCUT2D eigenvalue weighted by Gasteiger charge is 2.44. The molecular weight excluding hydrogens is 581 g/mol. The molecule has 1 aliphatic heterocycles. The zero-order valence-electron chi connectivity index (χ0n) is 25.8. The second-order valence-corrected chi connectivity index (χ2v) is 11.1. The average Bonchev–Trinajstić information content (AvgIpc) is 3.04. The van der Waals surface area contributed by atoms with Crippen LogP contribution in [0.4, 0.5) is 18.0 Å². The molecule has 0 radical (unpaired) electrons. The first-order valence-electron chi connectivity index (χ1n) is 15.1. The minimum Gasteiger partial charge on any atom is -0.334 e. The van der Waals surface area contributed by atoms with Crippen molar-refractivity contribution in [1.29, 1.82) is 0 Å². The molecule has 45 heavy (non-hydrogen) atoms. The summed E-state index contributed by atoms with van der Waals surface area (Å²) in [7, 11) is 0. The van der Waals surface area contributed by atoms with Gasteiger partial charge in [0.1, 0.15) is 6.04 Å². The smallest absolute Gasteiger partial charge is 0.334 e. The van der Waals surface area contributed by atoms with Crippen LogP contribution < -0.4 is 5.32 Å². The maximum Gasteiger partial charge on any atom is 0.416 e. The van der Waals surface area contributed by atoms with Crippen LogP contribution in [0.15, 0.2) is 96.7 Å². The molecule has 4 amide bonds. The number of hydrogen-bond donors (Lipinski definition) is 1. The van der Waals surface area contributed by atoms with Gasteiger partial charge in [-0.15, -0.1) is 0 Å². The summed E-state index contributed by atoms with van der Waals surface area (Å²) in [5.41, 5.74) is 1.75. The molecule has 1 aliphatic rings. The summed E-state index contributed by atoms with van der Waals surface area (Å²) in [6.45, 7) is 6.23. The third kappa shape index (κ3) is 8.32. The number of hydrogen-bond acceptors (Lipinski definition) is 3. The molecule has 3 aromatic rings. The second-order valence-electron chi connectivity index (χ2n) is 11.1. The highest BCUT2D eigenvalue weighted by Crippen LogP contribution is 2.35. The Morgan fingerprint density at radius 2 is 1.60 bits per heavy atom. The van der Waals surface area contributed by atoms with Crippen LogP contribution in [-0.2, 0) is 28.9 Å². The van der Waals surface area contributed by atoms with E-state index in [4.69, 9.17) is 0 Å². The van der Waals surface area contributed by atoms with Gasteiger partial charge in [-0.25, -0.2) is 4.79 Å². The van der Waals surface area contributed by atoms with Crippen molar-refractivity contribution in [3.8, 4) is 0 Å². The molecule has 238 valence electrons. The predicted molar refractivity (Wildman–Crippen MR) is 166 cm³/mol. The van der Waals surface area contributed by atoms with Crippen LogP contribution in [0.3, 0.4) is 0 Å². The molecule has 7 nitrogen and oxygen atoms in total. The quantitative estimate of drug-likeness (QED) is 0.268. The third-order valence-electron chi connectivity index (χ3n) is 7.78. The zero-order chi connectivity index (χ0) is 32.6. The number of carbonyl (C=O) groups is 3. The SMILES string of the molecule is CCCN(/C=C(/C)[C@H]1CN(Cc2cccc(C(F)(F)F)c2)C(=O)[C@H](c2ccccc2)N1C(=O)CC)C(=O)NCc1ccccc1. The van der Waals surface area contributed by atoms with E-state index in [1.165, 1.54) is 11.0 Å². The highest BCUT2D eigenvalue weighted by molar-refractivity contribution is 5.90. The molecule has 1 N–H and O–H groups in total. The fourth-order valence-electron chi connectivity index (χ4n) is 5.54. The molecule has 2 atom stereocenters. The van der Waals surface area contributed by atoms with E-state index < -0.39 is 23.8 Å². The number of carbonyl (C=O) groups excluding carboxylic acids is 3. The molecule has 1 saturated heterocycles. The number of halogens is 3. The Hall–Kier alpha value is -4.60. The lowest BCUT2D eigenvalue weighted by Gasteiger charge is -2.47. The number of rotatable bonds is 10. The van der Waals surface area contributed by atoms with Crippen molar-refractivity contribution in [2.24, 2.45) is 0 Å². The summed E-state index contributed by atoms with van der Waals surface area (Å²) in [6, 6.07) is 21.4. The largest absolute Gasteiger partial charge is 0.416 e. The first kappa shape index (κ1) is 33.3. The van der Waals surface area contributed by atoms with Gasteiger partial charge < -0.3 is 20.0 Å². The molecule has 1 fully saturated rings. The molecule has 0 bridgehead atoms. The monoisotopic (exact) mass is 620 g/mol. The predicted octanol–water partition coefficient (Wildman–Crippen LogP) is 6.92. The normalized spacial score (nSPS) is 17.3. The highest BCUT2D eigenvalue weighted by atomic mass is 19.4. The second kappa shape index (κ2) is 14.9. The summed E-state index contributed by atoms with van der Waals surface area (Å²) >= 11 is 0. The number of alkyl halides is 3. The van der Waals surface area contributed by atoms with Crippen molar-refractivity contribution in [3.05, 3.63) is 119 Å². The van der Waals surface area contributed by atoms with Crippen molar-refractivity contribution < 1.29 is 27.6 Å². The van der Waals surface area contributed by atoms with Crippen molar-refractivity contribution in [3.63, 3.8) is 0 Å². The van der Waals surface area contributed by atoms with Gasteiger partial charge in [0, 0.05) is 38.8 Å². The molecule has 10 heteroatoms. The summed E-state index contributed by atoms with van der Waals surface area (Å²) in [4.78, 5) is 45.6. The Labute approximate surface area is 262 Å². The van der Waals surface area contributed by atoms with E-state index in [-0.39, 0.29) is 37.4 Å². The zero-order valence-corrected chi connectivity index (χ0v) is 25.8. The number of urea groups is 1. The lowest BCUT2D eigenvalue weighted by molar-refractivity contribution is -0.155. The topological polar surface area (TPSA) is 73.0 Å². The van der Waals surface area contributed by atoms with E-state index in [0.29, 0.717) is 36.2 Å². The molecule has 4 rings (SSSR count). The van der Waals surface area contributed by atoms with Crippen molar-refractivity contribution in [1.82, 2.24) is 20.0 Å². The summed E-state index contributed by atoms with van der Waals surface area (Å²) in [5, 5.41) is 2.94. The van der Waals surface area contributed by atoms with Gasteiger partial charge in [-0.1, -0.05) is 86.6 Å². The van der Waals surface area contributed by atoms with Crippen molar-refractivity contribution in [2.45, 2.75) is 65.0 Å². The average molecular weight is 621 g/mol. The Bertz CT molecular complexity index is 1490. The van der Waals surface area contributed by atoms with Crippen LogP contribution in [0, 0.1) is 0 Å². The molecule has 0 aliphatic carbocycles. The van der Waals surface area contributed by atoms with Gasteiger partial charge in [0.05, 0.1) is 11.6 Å². The fourth-order valence-corrected chi connectivity index (χ4v) is 5.54. The van der Waals surface area contributed by atoms with Crippen LogP contribution in [0.25, 0.3) is 0 Å². The molecular formula is C35H39F3N4O3. The van der Waals surface area contributed by atoms with Gasteiger partial charge in [-0.3, -0.25) is 9.59 Å². The number of amides is 4. The Kier molecular flexibility index (Phi) is 11.0. The van der Waals surface area contributed by atoms with E-state index in [1.54, 1.807) is 53.3 Å². The fraction of sp³-hybridized carbons (Fsp3) is 0.343. The lowest BCUT2D eigenvalue weighted by Crippen LogP contribution is -2.59. The van der Waals surface area contributed by atoms with Crippen molar-refractivity contribution in [2.75, 3.05) is 13.1 Å². The standard InChI is InChI=1S/C35H39F3N4O3/c1-4-19-40(34(45)39-21-26-13-8-6-9-14-26)22-25(3)30-24-41(23-27-15-12-18-29(20-27)35(36,37)38)33(44)32(42(30)31(43)5-2)28-16-10-7-11-17-28/h6-18,20,22,30,32H,4-5,19,21,23-24H2,1-3H3,(H,39,45)/b25-22-/t30-,32+/m1/s1. The minimum atomic E-state index is -4.52. The third-order valence-corrected chi connectivity index (χ3v) is 7.78. The van der Waals surface area contributed by atoms with Crippen LogP contribution in [0.2, 0.25) is 0 Å². The summed E-state index contributed by atoms with van der Waals surface area (Å²) in [5.74, 6) is -0.625. The van der Waals surface area contributed by atoms with Gasteiger partial charge >= 0.3 is 12.2 Å². The van der Waals surface area contributed by atoms with E-state index in [1.807, 2.05) is 50.2 Å². The molecule has 0 spiro atoms. The first-order valence-corrected chi connectivity index (χ1v) is 15.1. The number of benzene rings is 3.